The standard InChI is InChI=1S/C14H17N3O2/c18-14-15-6-7-17(14)13-3-1-12(2-4-13)16-9-11-5-8-19-10-11/h1-4,6-7,11,16H,5,8-10H2,(H,15,18). The van der Waals surface area contributed by atoms with Crippen LogP contribution in [0, 0.1) is 5.92 Å². The van der Waals surface area contributed by atoms with Gasteiger partial charge in [-0.1, -0.05) is 0 Å². The van der Waals surface area contributed by atoms with E-state index in [1.807, 2.05) is 24.3 Å². The number of H-pyrrole nitrogens is 1. The van der Waals surface area contributed by atoms with E-state index in [1.165, 1.54) is 0 Å². The van der Waals surface area contributed by atoms with Crippen LogP contribution in [-0.4, -0.2) is 29.3 Å². The second-order valence-electron chi connectivity index (χ2n) is 4.79. The van der Waals surface area contributed by atoms with Crippen LogP contribution in [0.15, 0.2) is 41.5 Å². The Morgan fingerprint density at radius 3 is 2.84 bits per heavy atom. The molecule has 1 saturated heterocycles. The molecule has 2 aromatic rings. The number of aromatic amines is 1. The van der Waals surface area contributed by atoms with Gasteiger partial charge in [0, 0.05) is 37.2 Å². The molecule has 1 aliphatic rings. The molecule has 1 unspecified atom stereocenters. The van der Waals surface area contributed by atoms with E-state index >= 15 is 0 Å². The number of aromatic nitrogens is 2. The molecule has 1 aliphatic heterocycles. The van der Waals surface area contributed by atoms with Crippen molar-refractivity contribution < 1.29 is 4.74 Å². The van der Waals surface area contributed by atoms with Crippen molar-refractivity contribution in [3.8, 4) is 5.69 Å². The maximum absolute atomic E-state index is 11.5. The van der Waals surface area contributed by atoms with E-state index in [0.717, 1.165) is 37.6 Å². The molecule has 100 valence electrons. The van der Waals surface area contributed by atoms with Crippen LogP contribution in [0.2, 0.25) is 0 Å². The van der Waals surface area contributed by atoms with Crippen molar-refractivity contribution in [2.45, 2.75) is 6.42 Å². The van der Waals surface area contributed by atoms with Crippen molar-refractivity contribution in [3.05, 3.63) is 47.1 Å². The number of nitrogens with zero attached hydrogens (tertiary/aromatic N) is 1. The first-order chi connectivity index (χ1) is 9.33. The van der Waals surface area contributed by atoms with Gasteiger partial charge in [-0.25, -0.2) is 4.79 Å². The Bertz CT molecular complexity index is 579. The fourth-order valence-electron chi connectivity index (χ4n) is 2.27. The molecule has 0 aliphatic carbocycles. The van der Waals surface area contributed by atoms with Gasteiger partial charge in [-0.2, -0.15) is 0 Å². The molecule has 19 heavy (non-hydrogen) atoms. The molecule has 0 amide bonds. The molecular formula is C14H17N3O2. The van der Waals surface area contributed by atoms with Crippen molar-refractivity contribution in [1.82, 2.24) is 9.55 Å². The highest BCUT2D eigenvalue weighted by Crippen LogP contribution is 2.16. The Morgan fingerprint density at radius 2 is 2.21 bits per heavy atom. The Morgan fingerprint density at radius 1 is 1.37 bits per heavy atom. The fourth-order valence-corrected chi connectivity index (χ4v) is 2.27. The number of hydrogen-bond acceptors (Lipinski definition) is 3. The summed E-state index contributed by atoms with van der Waals surface area (Å²) < 4.78 is 6.92. The third-order valence-corrected chi connectivity index (χ3v) is 3.41. The van der Waals surface area contributed by atoms with E-state index in [2.05, 4.69) is 10.3 Å². The van der Waals surface area contributed by atoms with Gasteiger partial charge in [-0.15, -0.1) is 0 Å². The smallest absolute Gasteiger partial charge is 0.330 e. The molecule has 0 spiro atoms. The summed E-state index contributed by atoms with van der Waals surface area (Å²) in [6.45, 7) is 2.66. The number of rotatable bonds is 4. The second kappa shape index (κ2) is 5.32. The van der Waals surface area contributed by atoms with Crippen molar-refractivity contribution in [3.63, 3.8) is 0 Å². The van der Waals surface area contributed by atoms with Gasteiger partial charge in [0.05, 0.1) is 12.3 Å². The van der Waals surface area contributed by atoms with E-state index in [4.69, 9.17) is 4.74 Å². The average molecular weight is 259 g/mol. The Hall–Kier alpha value is -2.01. The molecule has 1 atom stereocenters. The van der Waals surface area contributed by atoms with Gasteiger partial charge >= 0.3 is 5.69 Å². The van der Waals surface area contributed by atoms with Crippen LogP contribution < -0.4 is 11.0 Å². The molecule has 3 rings (SSSR count). The normalized spacial score (nSPS) is 18.6. The van der Waals surface area contributed by atoms with Gasteiger partial charge in [0.15, 0.2) is 0 Å². The second-order valence-corrected chi connectivity index (χ2v) is 4.79. The highest BCUT2D eigenvalue weighted by atomic mass is 16.5. The van der Waals surface area contributed by atoms with Crippen molar-refractivity contribution in [2.24, 2.45) is 5.92 Å². The first kappa shape index (κ1) is 12.0. The molecule has 2 N–H and O–H groups in total. The summed E-state index contributed by atoms with van der Waals surface area (Å²) in [5.74, 6) is 0.604. The van der Waals surface area contributed by atoms with Gasteiger partial charge in [0.2, 0.25) is 0 Å². The minimum absolute atomic E-state index is 0.121. The predicted octanol–water partition coefficient (Wildman–Crippen LogP) is 1.61. The highest BCUT2D eigenvalue weighted by Gasteiger charge is 2.14. The summed E-state index contributed by atoms with van der Waals surface area (Å²) in [7, 11) is 0. The fraction of sp³-hybridized carbons (Fsp3) is 0.357. The van der Waals surface area contributed by atoms with Gasteiger partial charge in [0.1, 0.15) is 0 Å². The summed E-state index contributed by atoms with van der Waals surface area (Å²) in [6, 6.07) is 7.85. The quantitative estimate of drug-likeness (QED) is 0.877. The summed E-state index contributed by atoms with van der Waals surface area (Å²) >= 11 is 0. The van der Waals surface area contributed by atoms with Crippen LogP contribution in [0.3, 0.4) is 0 Å². The maximum Gasteiger partial charge on any atom is 0.330 e. The minimum atomic E-state index is -0.121. The van der Waals surface area contributed by atoms with E-state index in [1.54, 1.807) is 17.0 Å². The summed E-state index contributed by atoms with van der Waals surface area (Å²) in [4.78, 5) is 14.1. The van der Waals surface area contributed by atoms with E-state index in [9.17, 15) is 4.79 Å². The molecule has 0 radical (unpaired) electrons. The third-order valence-electron chi connectivity index (χ3n) is 3.41. The zero-order chi connectivity index (χ0) is 13.1. The van der Waals surface area contributed by atoms with Gasteiger partial charge < -0.3 is 15.0 Å². The molecule has 0 saturated carbocycles. The molecule has 0 bridgehead atoms. The van der Waals surface area contributed by atoms with E-state index in [0.29, 0.717) is 5.92 Å². The maximum atomic E-state index is 11.5. The van der Waals surface area contributed by atoms with Gasteiger partial charge in [-0.3, -0.25) is 4.57 Å². The third kappa shape index (κ3) is 2.71. The minimum Gasteiger partial charge on any atom is -0.385 e. The molecule has 1 aromatic heterocycles. The molecular weight excluding hydrogens is 242 g/mol. The summed E-state index contributed by atoms with van der Waals surface area (Å²) in [6.07, 6.45) is 4.49. The highest BCUT2D eigenvalue weighted by molar-refractivity contribution is 5.48. The van der Waals surface area contributed by atoms with E-state index in [-0.39, 0.29) is 5.69 Å². The Labute approximate surface area is 111 Å². The first-order valence-corrected chi connectivity index (χ1v) is 6.51. The predicted molar refractivity (Wildman–Crippen MR) is 73.8 cm³/mol. The topological polar surface area (TPSA) is 59.0 Å². The molecule has 2 heterocycles. The Kier molecular flexibility index (Phi) is 3.37. The lowest BCUT2D eigenvalue weighted by molar-refractivity contribution is 0.187. The molecule has 5 nitrogen and oxygen atoms in total. The number of anilines is 1. The van der Waals surface area contributed by atoms with Gasteiger partial charge in [0.25, 0.3) is 0 Å². The number of nitrogens with one attached hydrogen (secondary N) is 2. The number of ether oxygens (including phenoxy) is 1. The van der Waals surface area contributed by atoms with Gasteiger partial charge in [-0.05, 0) is 30.7 Å². The SMILES string of the molecule is O=c1[nH]ccn1-c1ccc(NCC2CCOC2)cc1. The van der Waals surface area contributed by atoms with Crippen LogP contribution in [0.4, 0.5) is 5.69 Å². The Balaban J connectivity index is 1.65. The van der Waals surface area contributed by atoms with Crippen molar-refractivity contribution in [2.75, 3.05) is 25.1 Å². The van der Waals surface area contributed by atoms with Crippen LogP contribution in [0.5, 0.6) is 0 Å². The average Bonchev–Trinajstić information content (AvgIpc) is 3.08. The molecule has 1 fully saturated rings. The first-order valence-electron chi connectivity index (χ1n) is 6.51. The number of imidazole rings is 1. The number of hydrogen-bond donors (Lipinski definition) is 2. The lowest BCUT2D eigenvalue weighted by atomic mass is 10.1. The molecule has 5 heteroatoms. The zero-order valence-electron chi connectivity index (χ0n) is 10.6. The summed E-state index contributed by atoms with van der Waals surface area (Å²) in [5, 5.41) is 3.40. The summed E-state index contributed by atoms with van der Waals surface area (Å²) in [5.41, 5.74) is 1.81. The van der Waals surface area contributed by atoms with Crippen LogP contribution in [0.1, 0.15) is 6.42 Å². The van der Waals surface area contributed by atoms with Crippen molar-refractivity contribution in [1.29, 1.82) is 0 Å². The lowest BCUT2D eigenvalue weighted by Gasteiger charge is -2.11. The van der Waals surface area contributed by atoms with Crippen LogP contribution in [0.25, 0.3) is 5.69 Å². The number of benzene rings is 1. The molecule has 1 aromatic carbocycles. The largest absolute Gasteiger partial charge is 0.385 e. The van der Waals surface area contributed by atoms with Crippen LogP contribution in [-0.2, 0) is 4.74 Å². The van der Waals surface area contributed by atoms with E-state index < -0.39 is 0 Å². The monoisotopic (exact) mass is 259 g/mol. The van der Waals surface area contributed by atoms with Crippen molar-refractivity contribution >= 4 is 5.69 Å². The van der Waals surface area contributed by atoms with Crippen LogP contribution >= 0.6 is 0 Å². The zero-order valence-corrected chi connectivity index (χ0v) is 10.6. The lowest BCUT2D eigenvalue weighted by Crippen LogP contribution is -2.15.